The van der Waals surface area contributed by atoms with Crippen LogP contribution in [0.1, 0.15) is 57.3 Å². The molecule has 0 amide bonds. The number of fused-ring (bicyclic) bond motifs is 16. The smallest absolute Gasteiger partial charge is 0.127 e. The van der Waals surface area contributed by atoms with Gasteiger partial charge in [0.05, 0.1) is 28.4 Å². The van der Waals surface area contributed by atoms with Crippen molar-refractivity contribution in [1.29, 1.82) is 0 Å². The van der Waals surface area contributed by atoms with E-state index in [1.807, 2.05) is 75.5 Å². The number of benzene rings is 7. The van der Waals surface area contributed by atoms with Gasteiger partial charge < -0.3 is 18.9 Å². The highest BCUT2D eigenvalue weighted by molar-refractivity contribution is 7.98. The predicted molar refractivity (Wildman–Crippen MR) is 262 cm³/mol. The first kappa shape index (κ1) is 41.0. The Morgan fingerprint density at radius 1 is 0.367 bits per heavy atom. The second-order valence-electron chi connectivity index (χ2n) is 15.3. The molecule has 0 N–H and O–H groups in total. The molecule has 7 aromatic rings. The van der Waals surface area contributed by atoms with Crippen LogP contribution in [-0.2, 0) is 46.0 Å². The van der Waals surface area contributed by atoms with E-state index in [0.29, 0.717) is 0 Å². The van der Waals surface area contributed by atoms with E-state index in [1.165, 1.54) is 87.3 Å². The van der Waals surface area contributed by atoms with E-state index in [4.69, 9.17) is 18.9 Å². The normalized spacial score (nSPS) is 15.0. The zero-order chi connectivity index (χ0) is 41.0. The van der Waals surface area contributed by atoms with Gasteiger partial charge in [-0.15, -0.1) is 0 Å². The van der Waals surface area contributed by atoms with Crippen LogP contribution < -0.4 is 29.4 Å². The first-order valence-electron chi connectivity index (χ1n) is 20.5. The summed E-state index contributed by atoms with van der Waals surface area (Å²) in [4.78, 5) is 0. The Kier molecular flexibility index (Phi) is 12.8. The van der Waals surface area contributed by atoms with Crippen LogP contribution in [0, 0.1) is 0 Å². The molecule has 2 aliphatic rings. The minimum Gasteiger partial charge on any atom is -0.496 e. The van der Waals surface area contributed by atoms with Gasteiger partial charge in [-0.05, 0) is 79.9 Å². The molecule has 0 saturated heterocycles. The monoisotopic (exact) mass is 866 g/mol. The van der Waals surface area contributed by atoms with Gasteiger partial charge in [-0.2, -0.15) is 47.0 Å². The second-order valence-corrected chi connectivity index (χ2v) is 19.3. The van der Waals surface area contributed by atoms with Crippen molar-refractivity contribution < 1.29 is 18.9 Å². The molecule has 4 nitrogen and oxygen atoms in total. The summed E-state index contributed by atoms with van der Waals surface area (Å²) in [5, 5.41) is 10.1. The molecule has 0 saturated carbocycles. The number of methoxy groups -OCH3 is 4. The lowest BCUT2D eigenvalue weighted by Crippen LogP contribution is -2.31. The number of hydrogen-bond donors (Lipinski definition) is 0. The first-order chi connectivity index (χ1) is 29.6. The van der Waals surface area contributed by atoms with Crippen molar-refractivity contribution in [2.75, 3.05) is 28.4 Å². The summed E-state index contributed by atoms with van der Waals surface area (Å²) in [7, 11) is 7.33. The molecule has 7 aromatic carbocycles. The molecule has 0 atom stereocenters. The molecule has 1 aliphatic heterocycles. The minimum atomic E-state index is 0.815. The van der Waals surface area contributed by atoms with E-state index in [1.54, 1.807) is 0 Å². The Labute approximate surface area is 370 Å². The average Bonchev–Trinajstić information content (AvgIpc) is 3.28. The van der Waals surface area contributed by atoms with Gasteiger partial charge in [-0.3, -0.25) is 0 Å². The summed E-state index contributed by atoms with van der Waals surface area (Å²) in [5.74, 6) is 10.6. The highest BCUT2D eigenvalue weighted by Crippen LogP contribution is 2.43. The fourth-order valence-electron chi connectivity index (χ4n) is 9.17. The zero-order valence-corrected chi connectivity index (χ0v) is 38.0. The third-order valence-corrected chi connectivity index (χ3v) is 15.8. The Bertz CT molecular complexity index is 2850. The van der Waals surface area contributed by atoms with E-state index in [-0.39, 0.29) is 0 Å². The summed E-state index contributed by atoms with van der Waals surface area (Å²) < 4.78 is 25.3. The van der Waals surface area contributed by atoms with Gasteiger partial charge in [-0.25, -0.2) is 0 Å². The number of thioether (sulfide) groups is 4. The van der Waals surface area contributed by atoms with Crippen molar-refractivity contribution >= 4 is 91.5 Å². The predicted octanol–water partition coefficient (Wildman–Crippen LogP) is 12.6. The lowest BCUT2D eigenvalue weighted by molar-refractivity contribution is 0.407. The third kappa shape index (κ3) is 8.09. The molecule has 9 rings (SSSR count). The van der Waals surface area contributed by atoms with E-state index in [9.17, 15) is 0 Å². The summed E-state index contributed by atoms with van der Waals surface area (Å²) in [6.07, 6.45) is 6.94. The molecule has 0 spiro atoms. The van der Waals surface area contributed by atoms with Gasteiger partial charge in [0, 0.05) is 90.5 Å². The highest BCUT2D eigenvalue weighted by atomic mass is 32.2. The maximum atomic E-state index is 6.35. The Hall–Kier alpha value is -4.34. The van der Waals surface area contributed by atoms with Gasteiger partial charge in [-0.1, -0.05) is 84.9 Å². The van der Waals surface area contributed by atoms with Gasteiger partial charge in [0.2, 0.25) is 0 Å². The quantitative estimate of drug-likeness (QED) is 0.173. The van der Waals surface area contributed by atoms with Crippen molar-refractivity contribution in [2.24, 2.45) is 0 Å². The Morgan fingerprint density at radius 3 is 1.10 bits per heavy atom. The lowest BCUT2D eigenvalue weighted by Gasteiger charge is -2.20. The van der Waals surface area contributed by atoms with E-state index < -0.39 is 0 Å². The summed E-state index contributed by atoms with van der Waals surface area (Å²) >= 11 is 7.72. The molecule has 0 fully saturated rings. The number of rotatable bonds is 4. The molecule has 0 unspecified atom stereocenters. The first-order valence-corrected chi connectivity index (χ1v) is 25.1. The van der Waals surface area contributed by atoms with Crippen molar-refractivity contribution in [3.05, 3.63) is 152 Å². The topological polar surface area (TPSA) is 36.9 Å². The summed E-state index contributed by atoms with van der Waals surface area (Å²) in [6.45, 7) is 0. The Balaban J connectivity index is 1.16. The van der Waals surface area contributed by atoms with Crippen LogP contribution in [0.5, 0.6) is 23.0 Å². The molecule has 0 radical (unpaired) electrons. The molecule has 1 aliphatic carbocycles. The summed E-state index contributed by atoms with van der Waals surface area (Å²) in [6, 6.07) is 35.6. The van der Waals surface area contributed by atoms with Crippen molar-refractivity contribution in [3.63, 3.8) is 0 Å². The Morgan fingerprint density at radius 2 is 0.700 bits per heavy atom. The van der Waals surface area contributed by atoms with Crippen molar-refractivity contribution in [2.45, 2.75) is 58.9 Å². The van der Waals surface area contributed by atoms with Crippen molar-refractivity contribution in [1.82, 2.24) is 0 Å². The van der Waals surface area contributed by atoms with Gasteiger partial charge in [0.15, 0.2) is 0 Å². The molecule has 60 heavy (non-hydrogen) atoms. The molecule has 8 heteroatoms. The lowest BCUT2D eigenvalue weighted by atomic mass is 10.00. The maximum absolute atomic E-state index is 6.35. The SMILES string of the molecule is COc1c2cc3c(c1CSCc1cc4ccccc4c(c1OC)CSCc1cc4ccccc4c(c1OC)CSCc1cc4ccccc4c(c1OC)CSC2)=CCCC=3. The molecule has 306 valence electrons. The highest BCUT2D eigenvalue weighted by Gasteiger charge is 2.21. The van der Waals surface area contributed by atoms with Crippen LogP contribution in [0.15, 0.2) is 97.1 Å². The average molecular weight is 867 g/mol. The molecular weight excluding hydrogens is 817 g/mol. The van der Waals surface area contributed by atoms with Gasteiger partial charge in [0.25, 0.3) is 0 Å². The van der Waals surface area contributed by atoms with Crippen LogP contribution in [-0.4, -0.2) is 28.4 Å². The van der Waals surface area contributed by atoms with Crippen LogP contribution in [0.4, 0.5) is 0 Å². The van der Waals surface area contributed by atoms with E-state index in [0.717, 1.165) is 81.9 Å². The summed E-state index contributed by atoms with van der Waals surface area (Å²) in [5.41, 5.74) is 9.97. The van der Waals surface area contributed by atoms with Crippen LogP contribution in [0.2, 0.25) is 0 Å². The van der Waals surface area contributed by atoms with Crippen LogP contribution >= 0.6 is 47.0 Å². The molecule has 1 heterocycles. The van der Waals surface area contributed by atoms with E-state index >= 15 is 0 Å². The fraction of sp³-hybridized carbons (Fsp3) is 0.269. The number of hydrogen-bond acceptors (Lipinski definition) is 8. The number of ether oxygens (including phenoxy) is 4. The maximum Gasteiger partial charge on any atom is 0.127 e. The van der Waals surface area contributed by atoms with Crippen LogP contribution in [0.3, 0.4) is 0 Å². The molecule has 0 aromatic heterocycles. The fourth-order valence-corrected chi connectivity index (χ4v) is 13.3. The molecule has 8 bridgehead atoms. The zero-order valence-electron chi connectivity index (χ0n) is 34.7. The second kappa shape index (κ2) is 18.7. The minimum absolute atomic E-state index is 0.815. The third-order valence-electron chi connectivity index (χ3n) is 11.8. The molecular formula is C52H50O4S4. The largest absolute Gasteiger partial charge is 0.496 e. The van der Waals surface area contributed by atoms with Crippen LogP contribution in [0.25, 0.3) is 44.5 Å². The van der Waals surface area contributed by atoms with E-state index in [2.05, 4.69) is 109 Å². The van der Waals surface area contributed by atoms with Gasteiger partial charge >= 0.3 is 0 Å². The van der Waals surface area contributed by atoms with Gasteiger partial charge in [0.1, 0.15) is 23.0 Å². The standard InChI is InChI=1S/C52H50O4S4/c1-53-49-37-21-33-13-5-9-17-41(33)45(49)29-58-26-38-22-34-14-7-11-19-43(34)47(50(38)54-2)31-60-28-40-24-36-16-8-12-20-44(36)48(52(40)56-4)32-59-27-39-23-35-15-6-10-18-42(35)46(30-57-25-37)51(39)55-3/h5-7,9-11,13-24H,8,12,25-32H2,1-4H3. The van der Waals surface area contributed by atoms with Crippen molar-refractivity contribution in [3.8, 4) is 23.0 Å².